The lowest BCUT2D eigenvalue weighted by Crippen LogP contribution is -2.44. The van der Waals surface area contributed by atoms with Crippen LogP contribution in [0.5, 0.6) is 0 Å². The van der Waals surface area contributed by atoms with Gasteiger partial charge < -0.3 is 0 Å². The van der Waals surface area contributed by atoms with Crippen molar-refractivity contribution in [2.24, 2.45) is 11.8 Å². The Kier molecular flexibility index (Phi) is 4.98. The van der Waals surface area contributed by atoms with Crippen molar-refractivity contribution < 1.29 is 0 Å². The van der Waals surface area contributed by atoms with Crippen LogP contribution in [-0.4, -0.2) is 0 Å². The van der Waals surface area contributed by atoms with Crippen molar-refractivity contribution in [1.29, 1.82) is 0 Å². The van der Waals surface area contributed by atoms with Gasteiger partial charge in [-0.1, -0.05) is 111 Å². The summed E-state index contributed by atoms with van der Waals surface area (Å²) in [7, 11) is 0. The summed E-state index contributed by atoms with van der Waals surface area (Å²) in [5.74, 6) is 1.55. The standard InChI is InChI=1S/C31H34/c1-4-13-23(14-5-1)26-20-12-21-28-27-19-10-11-22-29(27)31(30(26)28,24-15-6-2-7-16-24)25-17-8-3-9-18-25/h1,4-5,10-14,19-22,24-25H,2-3,6-9,15-18H2. The molecule has 0 unspecified atom stereocenters. The summed E-state index contributed by atoms with van der Waals surface area (Å²) in [6, 6.07) is 27.9. The van der Waals surface area contributed by atoms with Crippen LogP contribution in [0.3, 0.4) is 0 Å². The van der Waals surface area contributed by atoms with Gasteiger partial charge >= 0.3 is 0 Å². The van der Waals surface area contributed by atoms with Crippen molar-refractivity contribution in [3.63, 3.8) is 0 Å². The lowest BCUT2D eigenvalue weighted by atomic mass is 9.54. The van der Waals surface area contributed by atoms with E-state index in [1.54, 1.807) is 11.1 Å². The Hall–Kier alpha value is -2.34. The zero-order valence-electron chi connectivity index (χ0n) is 18.7. The molecule has 0 heterocycles. The Bertz CT molecular complexity index is 1030. The van der Waals surface area contributed by atoms with Gasteiger partial charge in [-0.2, -0.15) is 0 Å². The molecule has 158 valence electrons. The Morgan fingerprint density at radius 3 is 1.71 bits per heavy atom. The first-order chi connectivity index (χ1) is 15.4. The molecule has 0 bridgehead atoms. The van der Waals surface area contributed by atoms with E-state index in [0.717, 1.165) is 11.8 Å². The highest BCUT2D eigenvalue weighted by atomic mass is 14.6. The lowest BCUT2D eigenvalue weighted by molar-refractivity contribution is 0.138. The number of hydrogen-bond donors (Lipinski definition) is 0. The summed E-state index contributed by atoms with van der Waals surface area (Å²) in [5, 5.41) is 0. The summed E-state index contributed by atoms with van der Waals surface area (Å²) >= 11 is 0. The van der Waals surface area contributed by atoms with Crippen molar-refractivity contribution in [3.8, 4) is 22.3 Å². The third-order valence-corrected chi connectivity index (χ3v) is 8.72. The molecule has 0 spiro atoms. The van der Waals surface area contributed by atoms with Crippen LogP contribution in [0.1, 0.15) is 75.3 Å². The molecule has 3 aromatic rings. The van der Waals surface area contributed by atoms with Crippen LogP contribution in [0.15, 0.2) is 72.8 Å². The zero-order valence-corrected chi connectivity index (χ0v) is 18.7. The molecule has 2 saturated carbocycles. The summed E-state index contributed by atoms with van der Waals surface area (Å²) in [6.45, 7) is 0. The maximum Gasteiger partial charge on any atom is 0.0277 e. The molecular formula is C31H34. The topological polar surface area (TPSA) is 0 Å². The van der Waals surface area contributed by atoms with E-state index in [9.17, 15) is 0 Å². The highest BCUT2D eigenvalue weighted by Crippen LogP contribution is 2.63. The van der Waals surface area contributed by atoms with E-state index in [4.69, 9.17) is 0 Å². The van der Waals surface area contributed by atoms with Gasteiger partial charge in [0.2, 0.25) is 0 Å². The monoisotopic (exact) mass is 406 g/mol. The smallest absolute Gasteiger partial charge is 0.0277 e. The molecule has 2 fully saturated rings. The molecular weight excluding hydrogens is 372 g/mol. The van der Waals surface area contributed by atoms with Gasteiger partial charge in [0.1, 0.15) is 0 Å². The van der Waals surface area contributed by atoms with E-state index < -0.39 is 0 Å². The van der Waals surface area contributed by atoms with E-state index in [1.165, 1.54) is 86.5 Å². The second-order valence-electron chi connectivity index (χ2n) is 10.2. The fraction of sp³-hybridized carbons (Fsp3) is 0.419. The quantitative estimate of drug-likeness (QED) is 0.408. The first kappa shape index (κ1) is 19.4. The van der Waals surface area contributed by atoms with Crippen molar-refractivity contribution >= 4 is 0 Å². The Balaban J connectivity index is 1.68. The maximum absolute atomic E-state index is 2.51. The van der Waals surface area contributed by atoms with Crippen LogP contribution in [0.4, 0.5) is 0 Å². The molecule has 0 saturated heterocycles. The molecule has 6 rings (SSSR count). The molecule has 0 aliphatic heterocycles. The fourth-order valence-corrected chi connectivity index (χ4v) is 7.59. The van der Waals surface area contributed by atoms with Gasteiger partial charge in [-0.15, -0.1) is 0 Å². The van der Waals surface area contributed by atoms with Crippen molar-refractivity contribution in [3.05, 3.63) is 83.9 Å². The number of rotatable bonds is 3. The molecule has 31 heavy (non-hydrogen) atoms. The SMILES string of the molecule is c1ccc(-c2cccc3c2C(C2CCCCC2)(C2CCCCC2)c2ccccc2-3)cc1. The maximum atomic E-state index is 2.51. The normalized spacial score (nSPS) is 20.9. The largest absolute Gasteiger partial charge is 0.0622 e. The van der Waals surface area contributed by atoms with Crippen LogP contribution in [0.25, 0.3) is 22.3 Å². The molecule has 0 amide bonds. The first-order valence-corrected chi connectivity index (χ1v) is 12.7. The molecule has 0 aromatic heterocycles. The summed E-state index contributed by atoms with van der Waals surface area (Å²) in [5.41, 5.74) is 9.46. The van der Waals surface area contributed by atoms with Crippen molar-refractivity contribution in [2.75, 3.05) is 0 Å². The highest BCUT2D eigenvalue weighted by Gasteiger charge is 2.54. The van der Waals surface area contributed by atoms with Gasteiger partial charge in [0.25, 0.3) is 0 Å². The van der Waals surface area contributed by atoms with Crippen LogP contribution < -0.4 is 0 Å². The Morgan fingerprint density at radius 1 is 0.484 bits per heavy atom. The van der Waals surface area contributed by atoms with E-state index in [0.29, 0.717) is 0 Å². The minimum absolute atomic E-state index is 0.194. The number of hydrogen-bond acceptors (Lipinski definition) is 0. The number of fused-ring (bicyclic) bond motifs is 3. The first-order valence-electron chi connectivity index (χ1n) is 12.7. The van der Waals surface area contributed by atoms with Crippen LogP contribution >= 0.6 is 0 Å². The highest BCUT2D eigenvalue weighted by molar-refractivity contribution is 5.88. The average molecular weight is 407 g/mol. The molecule has 3 aliphatic carbocycles. The minimum atomic E-state index is 0.194. The second-order valence-corrected chi connectivity index (χ2v) is 10.2. The fourth-order valence-electron chi connectivity index (χ4n) is 7.59. The van der Waals surface area contributed by atoms with Crippen molar-refractivity contribution in [1.82, 2.24) is 0 Å². The summed E-state index contributed by atoms with van der Waals surface area (Å²) in [6.07, 6.45) is 14.1. The zero-order chi connectivity index (χ0) is 20.7. The van der Waals surface area contributed by atoms with Gasteiger partial charge in [-0.05, 0) is 70.9 Å². The lowest BCUT2D eigenvalue weighted by Gasteiger charge is -2.49. The molecule has 3 aliphatic rings. The average Bonchev–Trinajstić information content (AvgIpc) is 3.17. The van der Waals surface area contributed by atoms with E-state index in [1.807, 2.05) is 0 Å². The Morgan fingerprint density at radius 2 is 1.03 bits per heavy atom. The third kappa shape index (κ3) is 2.94. The van der Waals surface area contributed by atoms with E-state index in [-0.39, 0.29) is 5.41 Å². The third-order valence-electron chi connectivity index (χ3n) is 8.72. The van der Waals surface area contributed by atoms with Gasteiger partial charge in [0, 0.05) is 5.41 Å². The van der Waals surface area contributed by atoms with E-state index in [2.05, 4.69) is 72.8 Å². The molecule has 0 N–H and O–H groups in total. The predicted octanol–water partition coefficient (Wildman–Crippen LogP) is 8.78. The Labute approximate surface area is 187 Å². The van der Waals surface area contributed by atoms with Crippen molar-refractivity contribution in [2.45, 2.75) is 69.6 Å². The predicted molar refractivity (Wildman–Crippen MR) is 131 cm³/mol. The second kappa shape index (κ2) is 7.97. The van der Waals surface area contributed by atoms with Gasteiger partial charge in [-0.3, -0.25) is 0 Å². The van der Waals surface area contributed by atoms with Crippen LogP contribution in [-0.2, 0) is 5.41 Å². The molecule has 0 atom stereocenters. The van der Waals surface area contributed by atoms with Gasteiger partial charge in [0.15, 0.2) is 0 Å². The molecule has 0 radical (unpaired) electrons. The van der Waals surface area contributed by atoms with Gasteiger partial charge in [-0.25, -0.2) is 0 Å². The van der Waals surface area contributed by atoms with Crippen LogP contribution in [0, 0.1) is 11.8 Å². The summed E-state index contributed by atoms with van der Waals surface area (Å²) in [4.78, 5) is 0. The molecule has 0 nitrogen and oxygen atoms in total. The van der Waals surface area contributed by atoms with Crippen LogP contribution in [0.2, 0.25) is 0 Å². The molecule has 0 heteroatoms. The number of benzene rings is 3. The van der Waals surface area contributed by atoms with Gasteiger partial charge in [0.05, 0.1) is 0 Å². The summed E-state index contributed by atoms with van der Waals surface area (Å²) < 4.78 is 0. The molecule has 3 aromatic carbocycles. The minimum Gasteiger partial charge on any atom is -0.0622 e. The van der Waals surface area contributed by atoms with E-state index >= 15 is 0 Å².